The summed E-state index contributed by atoms with van der Waals surface area (Å²) in [5.74, 6) is 0.363. The van der Waals surface area contributed by atoms with Crippen LogP contribution in [0.3, 0.4) is 0 Å². The summed E-state index contributed by atoms with van der Waals surface area (Å²) in [6.45, 7) is 1.96. The first kappa shape index (κ1) is 17.9. The minimum atomic E-state index is -0.356. The van der Waals surface area contributed by atoms with Gasteiger partial charge in [0.1, 0.15) is 0 Å². The maximum atomic E-state index is 12.7. The fourth-order valence-corrected chi connectivity index (χ4v) is 4.08. The van der Waals surface area contributed by atoms with Crippen molar-refractivity contribution in [1.82, 2.24) is 14.8 Å². The molecule has 2 aliphatic rings. The fraction of sp³-hybridized carbons (Fsp3) is 0.632. The van der Waals surface area contributed by atoms with Crippen LogP contribution in [0.1, 0.15) is 31.4 Å². The number of hydrogen-bond donors (Lipinski definition) is 0. The van der Waals surface area contributed by atoms with Crippen LogP contribution in [0, 0.1) is 5.41 Å². The first-order valence-electron chi connectivity index (χ1n) is 9.00. The van der Waals surface area contributed by atoms with Gasteiger partial charge in [0.25, 0.3) is 0 Å². The van der Waals surface area contributed by atoms with Gasteiger partial charge >= 0.3 is 0 Å². The largest absolute Gasteiger partial charge is 0.380 e. The van der Waals surface area contributed by atoms with Gasteiger partial charge in [0.05, 0.1) is 11.5 Å². The van der Waals surface area contributed by atoms with Crippen molar-refractivity contribution in [2.75, 3.05) is 33.8 Å². The number of piperidine rings is 2. The van der Waals surface area contributed by atoms with Gasteiger partial charge in [0, 0.05) is 52.1 Å². The molecule has 1 spiro atoms. The van der Waals surface area contributed by atoms with Crippen LogP contribution in [0.15, 0.2) is 24.4 Å². The number of likely N-dealkylation sites (tertiary alicyclic amines) is 2. The van der Waals surface area contributed by atoms with E-state index in [1.165, 1.54) is 0 Å². The highest BCUT2D eigenvalue weighted by Crippen LogP contribution is 2.41. The number of carbonyl (C=O) groups excluding carboxylic acids is 2. The van der Waals surface area contributed by atoms with Crippen LogP contribution in [0.5, 0.6) is 0 Å². The summed E-state index contributed by atoms with van der Waals surface area (Å²) in [6.07, 6.45) is 5.20. The maximum Gasteiger partial charge on any atom is 0.228 e. The number of pyridine rings is 1. The predicted molar refractivity (Wildman–Crippen MR) is 93.9 cm³/mol. The van der Waals surface area contributed by atoms with Crippen molar-refractivity contribution in [3.8, 4) is 0 Å². The van der Waals surface area contributed by atoms with Crippen LogP contribution >= 0.6 is 0 Å². The lowest BCUT2D eigenvalue weighted by molar-refractivity contribution is -0.158. The number of ether oxygens (including phenoxy) is 1. The molecule has 2 saturated heterocycles. The zero-order chi connectivity index (χ0) is 17.9. The summed E-state index contributed by atoms with van der Waals surface area (Å²) in [7, 11) is 3.55. The Balaban J connectivity index is 1.55. The third kappa shape index (κ3) is 3.84. The van der Waals surface area contributed by atoms with Gasteiger partial charge in [0.15, 0.2) is 0 Å². The second kappa shape index (κ2) is 7.52. The van der Waals surface area contributed by atoms with Crippen molar-refractivity contribution in [1.29, 1.82) is 0 Å². The molecule has 0 N–H and O–H groups in total. The van der Waals surface area contributed by atoms with Gasteiger partial charge in [-0.1, -0.05) is 6.07 Å². The first-order chi connectivity index (χ1) is 12.0. The summed E-state index contributed by atoms with van der Waals surface area (Å²) in [4.78, 5) is 33.2. The van der Waals surface area contributed by atoms with Crippen LogP contribution < -0.4 is 0 Å². The smallest absolute Gasteiger partial charge is 0.228 e. The molecular formula is C19H27N3O3. The Morgan fingerprint density at radius 3 is 2.76 bits per heavy atom. The number of rotatable bonds is 4. The van der Waals surface area contributed by atoms with E-state index in [1.54, 1.807) is 18.2 Å². The van der Waals surface area contributed by atoms with E-state index < -0.39 is 0 Å². The zero-order valence-electron chi connectivity index (χ0n) is 15.1. The molecule has 2 aliphatic heterocycles. The van der Waals surface area contributed by atoms with E-state index in [0.29, 0.717) is 32.5 Å². The van der Waals surface area contributed by atoms with Crippen molar-refractivity contribution in [3.63, 3.8) is 0 Å². The Morgan fingerprint density at radius 1 is 1.36 bits per heavy atom. The molecular weight excluding hydrogens is 318 g/mol. The minimum Gasteiger partial charge on any atom is -0.380 e. The third-order valence-electron chi connectivity index (χ3n) is 5.62. The quantitative estimate of drug-likeness (QED) is 0.830. The molecule has 6 heteroatoms. The van der Waals surface area contributed by atoms with Gasteiger partial charge in [-0.15, -0.1) is 0 Å². The number of hydrogen-bond acceptors (Lipinski definition) is 4. The Kier molecular flexibility index (Phi) is 5.37. The summed E-state index contributed by atoms with van der Waals surface area (Å²) in [5.41, 5.74) is 0.585. The summed E-state index contributed by atoms with van der Waals surface area (Å²) in [6, 6.07) is 5.76. The lowest BCUT2D eigenvalue weighted by Gasteiger charge is -2.47. The second-order valence-electron chi connectivity index (χ2n) is 7.23. The van der Waals surface area contributed by atoms with Crippen LogP contribution in [-0.4, -0.2) is 66.5 Å². The van der Waals surface area contributed by atoms with Crippen molar-refractivity contribution < 1.29 is 14.3 Å². The van der Waals surface area contributed by atoms with E-state index in [-0.39, 0.29) is 23.3 Å². The van der Waals surface area contributed by atoms with E-state index in [1.807, 2.05) is 30.1 Å². The van der Waals surface area contributed by atoms with Gasteiger partial charge in [-0.05, 0) is 37.8 Å². The van der Waals surface area contributed by atoms with Crippen LogP contribution in [-0.2, 0) is 20.7 Å². The molecule has 0 saturated carbocycles. The fourth-order valence-electron chi connectivity index (χ4n) is 4.08. The van der Waals surface area contributed by atoms with Gasteiger partial charge in [-0.3, -0.25) is 14.6 Å². The van der Waals surface area contributed by atoms with Gasteiger partial charge in [0.2, 0.25) is 11.8 Å². The molecule has 1 atom stereocenters. The molecule has 0 aromatic carbocycles. The molecule has 1 aromatic rings. The topological polar surface area (TPSA) is 62.7 Å². The van der Waals surface area contributed by atoms with Crippen LogP contribution in [0.2, 0.25) is 0 Å². The predicted octanol–water partition coefficient (Wildman–Crippen LogP) is 1.50. The van der Waals surface area contributed by atoms with Crippen molar-refractivity contribution >= 4 is 11.8 Å². The second-order valence-corrected chi connectivity index (χ2v) is 7.23. The Bertz CT molecular complexity index is 612. The maximum absolute atomic E-state index is 12.7. The van der Waals surface area contributed by atoms with Crippen LogP contribution in [0.4, 0.5) is 0 Å². The lowest BCUT2D eigenvalue weighted by atomic mass is 9.71. The molecule has 1 aromatic heterocycles. The standard InChI is InChI=1S/C19H27N3O3/c1-21-14-16(25-2)13-19(18(21)24)8-11-22(12-9-19)17(23)7-6-15-5-3-4-10-20-15/h3-5,10,16H,6-9,11-14H2,1-2H3. The first-order valence-corrected chi connectivity index (χ1v) is 9.00. The number of methoxy groups -OCH3 is 1. The van der Waals surface area contributed by atoms with Crippen molar-refractivity contribution in [2.24, 2.45) is 5.41 Å². The molecule has 0 radical (unpaired) electrons. The Hall–Kier alpha value is -1.95. The lowest BCUT2D eigenvalue weighted by Crippen LogP contribution is -2.57. The number of carbonyl (C=O) groups is 2. The molecule has 25 heavy (non-hydrogen) atoms. The normalized spacial score (nSPS) is 23.1. The molecule has 2 amide bonds. The molecule has 0 aliphatic carbocycles. The van der Waals surface area contributed by atoms with Crippen LogP contribution in [0.25, 0.3) is 0 Å². The average Bonchev–Trinajstić information content (AvgIpc) is 2.65. The van der Waals surface area contributed by atoms with Gasteiger partial charge < -0.3 is 14.5 Å². The van der Waals surface area contributed by atoms with E-state index >= 15 is 0 Å². The molecule has 3 rings (SSSR count). The number of aromatic nitrogens is 1. The zero-order valence-corrected chi connectivity index (χ0v) is 15.1. The Labute approximate surface area is 149 Å². The van der Waals surface area contributed by atoms with E-state index in [2.05, 4.69) is 4.98 Å². The number of nitrogens with zero attached hydrogens (tertiary/aromatic N) is 3. The van der Waals surface area contributed by atoms with Crippen molar-refractivity contribution in [3.05, 3.63) is 30.1 Å². The average molecular weight is 345 g/mol. The third-order valence-corrected chi connectivity index (χ3v) is 5.62. The molecule has 136 valence electrons. The Morgan fingerprint density at radius 2 is 2.12 bits per heavy atom. The molecule has 6 nitrogen and oxygen atoms in total. The SMILES string of the molecule is COC1CN(C)C(=O)C2(CCN(C(=O)CCc3ccccn3)CC2)C1. The number of amides is 2. The molecule has 0 bridgehead atoms. The molecule has 3 heterocycles. The number of aryl methyl sites for hydroxylation is 1. The van der Waals surface area contributed by atoms with E-state index in [4.69, 9.17) is 4.74 Å². The summed E-state index contributed by atoms with van der Waals surface area (Å²) in [5, 5.41) is 0. The van der Waals surface area contributed by atoms with Gasteiger partial charge in [-0.2, -0.15) is 0 Å². The highest BCUT2D eigenvalue weighted by molar-refractivity contribution is 5.84. The highest BCUT2D eigenvalue weighted by atomic mass is 16.5. The molecule has 2 fully saturated rings. The van der Waals surface area contributed by atoms with E-state index in [0.717, 1.165) is 25.0 Å². The highest BCUT2D eigenvalue weighted by Gasteiger charge is 2.48. The molecule has 1 unspecified atom stereocenters. The summed E-state index contributed by atoms with van der Waals surface area (Å²) < 4.78 is 5.52. The number of likely N-dealkylation sites (N-methyl/N-ethyl adjacent to an activating group) is 1. The summed E-state index contributed by atoms with van der Waals surface area (Å²) >= 11 is 0. The minimum absolute atomic E-state index is 0.0918. The monoisotopic (exact) mass is 345 g/mol. The van der Waals surface area contributed by atoms with E-state index in [9.17, 15) is 9.59 Å². The van der Waals surface area contributed by atoms with Gasteiger partial charge in [-0.25, -0.2) is 0 Å². The van der Waals surface area contributed by atoms with Crippen molar-refractivity contribution in [2.45, 2.75) is 38.2 Å².